The quantitative estimate of drug-likeness (QED) is 0.492. The monoisotopic (exact) mass is 326 g/mol. The number of benzene rings is 2. The van der Waals surface area contributed by atoms with Gasteiger partial charge in [0.15, 0.2) is 0 Å². The first kappa shape index (κ1) is 14.8. The summed E-state index contributed by atoms with van der Waals surface area (Å²) in [6, 6.07) is 4.33. The second kappa shape index (κ2) is 4.85. The minimum atomic E-state index is -0.569. The van der Waals surface area contributed by atoms with Crippen LogP contribution in [0.15, 0.2) is 24.4 Å². The number of aliphatic hydroxyl groups is 1. The molecule has 0 amide bonds. The molecule has 7 heteroatoms. The van der Waals surface area contributed by atoms with Gasteiger partial charge in [-0.15, -0.1) is 5.10 Å². The van der Waals surface area contributed by atoms with Gasteiger partial charge in [0.2, 0.25) is 5.88 Å². The predicted octanol–water partition coefficient (Wildman–Crippen LogP) is 2.77. The van der Waals surface area contributed by atoms with Crippen molar-refractivity contribution in [3.63, 3.8) is 0 Å². The first-order valence-electron chi connectivity index (χ1n) is 7.49. The number of aromatic amines is 1. The first-order valence-corrected chi connectivity index (χ1v) is 7.49. The highest BCUT2D eigenvalue weighted by Gasteiger charge is 2.25. The SMILES string of the molecule is CC(C)(CO)c1nc2c3ccc(F)cc3c3c(O)nncc3c2[nH]1. The van der Waals surface area contributed by atoms with Gasteiger partial charge in [0.25, 0.3) is 0 Å². The lowest BCUT2D eigenvalue weighted by Crippen LogP contribution is -2.23. The van der Waals surface area contributed by atoms with E-state index in [4.69, 9.17) is 0 Å². The van der Waals surface area contributed by atoms with Crippen LogP contribution in [0.5, 0.6) is 5.88 Å². The number of imidazole rings is 1. The molecule has 24 heavy (non-hydrogen) atoms. The normalized spacial score (nSPS) is 12.5. The summed E-state index contributed by atoms with van der Waals surface area (Å²) in [5.41, 5.74) is 0.743. The number of hydrogen-bond donors (Lipinski definition) is 3. The minimum absolute atomic E-state index is 0.0810. The maximum atomic E-state index is 13.8. The van der Waals surface area contributed by atoms with Crippen molar-refractivity contribution >= 4 is 32.6 Å². The van der Waals surface area contributed by atoms with E-state index in [1.54, 1.807) is 6.07 Å². The maximum Gasteiger partial charge on any atom is 0.239 e. The van der Waals surface area contributed by atoms with Crippen LogP contribution in [0.3, 0.4) is 0 Å². The molecule has 0 atom stereocenters. The minimum Gasteiger partial charge on any atom is -0.492 e. The molecule has 0 bridgehead atoms. The average Bonchev–Trinajstić information content (AvgIpc) is 3.01. The Hall–Kier alpha value is -2.80. The molecule has 0 saturated carbocycles. The molecule has 4 rings (SSSR count). The van der Waals surface area contributed by atoms with Crippen LogP contribution in [0.25, 0.3) is 32.6 Å². The highest BCUT2D eigenvalue weighted by Crippen LogP contribution is 2.38. The molecule has 0 unspecified atom stereocenters. The highest BCUT2D eigenvalue weighted by atomic mass is 19.1. The van der Waals surface area contributed by atoms with Crippen molar-refractivity contribution in [3.8, 4) is 5.88 Å². The van der Waals surface area contributed by atoms with Gasteiger partial charge in [0.05, 0.1) is 29.2 Å². The van der Waals surface area contributed by atoms with Gasteiger partial charge in [0, 0.05) is 21.6 Å². The number of fused-ring (bicyclic) bond motifs is 6. The molecule has 4 aromatic rings. The van der Waals surface area contributed by atoms with Crippen molar-refractivity contribution in [2.45, 2.75) is 19.3 Å². The van der Waals surface area contributed by atoms with Crippen LogP contribution in [0, 0.1) is 5.82 Å². The third-order valence-electron chi connectivity index (χ3n) is 4.35. The molecule has 0 fully saturated rings. The summed E-state index contributed by atoms with van der Waals surface area (Å²) in [5, 5.41) is 29.5. The van der Waals surface area contributed by atoms with E-state index in [-0.39, 0.29) is 12.5 Å². The molecule has 2 aromatic carbocycles. The summed E-state index contributed by atoms with van der Waals surface area (Å²) in [6.07, 6.45) is 1.51. The second-order valence-electron chi connectivity index (χ2n) is 6.50. The zero-order valence-electron chi connectivity index (χ0n) is 13.1. The number of hydrogen-bond acceptors (Lipinski definition) is 5. The van der Waals surface area contributed by atoms with Crippen LogP contribution in [0.4, 0.5) is 4.39 Å². The molecule has 2 heterocycles. The zero-order valence-corrected chi connectivity index (χ0v) is 13.1. The second-order valence-corrected chi connectivity index (χ2v) is 6.50. The third-order valence-corrected chi connectivity index (χ3v) is 4.35. The van der Waals surface area contributed by atoms with Gasteiger partial charge in [-0.2, -0.15) is 5.10 Å². The first-order chi connectivity index (χ1) is 11.4. The highest BCUT2D eigenvalue weighted by molar-refractivity contribution is 6.24. The van der Waals surface area contributed by atoms with Crippen LogP contribution in [-0.2, 0) is 5.41 Å². The smallest absolute Gasteiger partial charge is 0.239 e. The van der Waals surface area contributed by atoms with E-state index in [0.29, 0.717) is 38.4 Å². The van der Waals surface area contributed by atoms with E-state index in [0.717, 1.165) is 0 Å². The number of halogens is 1. The van der Waals surface area contributed by atoms with Gasteiger partial charge in [-0.1, -0.05) is 13.8 Å². The maximum absolute atomic E-state index is 13.8. The van der Waals surface area contributed by atoms with E-state index < -0.39 is 11.2 Å². The lowest BCUT2D eigenvalue weighted by atomic mass is 9.94. The fourth-order valence-corrected chi connectivity index (χ4v) is 2.92. The molecule has 0 spiro atoms. The number of H-pyrrole nitrogens is 1. The van der Waals surface area contributed by atoms with Crippen molar-refractivity contribution in [1.29, 1.82) is 0 Å². The van der Waals surface area contributed by atoms with E-state index in [1.165, 1.54) is 18.3 Å². The third kappa shape index (κ3) is 1.94. The summed E-state index contributed by atoms with van der Waals surface area (Å²) < 4.78 is 13.8. The molecule has 122 valence electrons. The largest absolute Gasteiger partial charge is 0.492 e. The molecule has 0 aliphatic rings. The number of nitrogens with zero attached hydrogens (tertiary/aromatic N) is 3. The molecular formula is C17H15FN4O2. The van der Waals surface area contributed by atoms with Crippen LogP contribution in [0.2, 0.25) is 0 Å². The Balaban J connectivity index is 2.26. The lowest BCUT2D eigenvalue weighted by Gasteiger charge is -2.17. The van der Waals surface area contributed by atoms with E-state index in [2.05, 4.69) is 20.2 Å². The Kier molecular flexibility index (Phi) is 2.98. The fourth-order valence-electron chi connectivity index (χ4n) is 2.92. The van der Waals surface area contributed by atoms with Gasteiger partial charge in [-0.05, 0) is 18.2 Å². The molecule has 2 aromatic heterocycles. The summed E-state index contributed by atoms with van der Waals surface area (Å²) in [7, 11) is 0. The summed E-state index contributed by atoms with van der Waals surface area (Å²) in [5.74, 6) is -0.0668. The standard InChI is InChI=1S/C17H15FN4O2/c1-17(2,7-23)16-20-13-9-4-3-8(18)5-10(9)12-11(14(13)21-16)6-19-22-15(12)24/h3-6,23H,7H2,1-2H3,(H,20,21)(H,22,24). The number of aromatic nitrogens is 4. The molecule has 3 N–H and O–H groups in total. The van der Waals surface area contributed by atoms with E-state index in [9.17, 15) is 14.6 Å². The molecule has 0 aliphatic carbocycles. The number of aromatic hydroxyl groups is 1. The summed E-state index contributed by atoms with van der Waals surface area (Å²) in [4.78, 5) is 7.85. The Labute approximate surface area is 136 Å². The average molecular weight is 326 g/mol. The summed E-state index contributed by atoms with van der Waals surface area (Å²) in [6.45, 7) is 3.65. The molecular weight excluding hydrogens is 311 g/mol. The molecule has 6 nitrogen and oxygen atoms in total. The number of rotatable bonds is 2. The van der Waals surface area contributed by atoms with Crippen molar-refractivity contribution in [1.82, 2.24) is 20.2 Å². The van der Waals surface area contributed by atoms with Gasteiger partial charge >= 0.3 is 0 Å². The Bertz CT molecular complexity index is 1100. The molecule has 0 saturated heterocycles. The van der Waals surface area contributed by atoms with E-state index in [1.807, 2.05) is 13.8 Å². The van der Waals surface area contributed by atoms with E-state index >= 15 is 0 Å². The predicted molar refractivity (Wildman–Crippen MR) is 88.4 cm³/mol. The lowest BCUT2D eigenvalue weighted by molar-refractivity contribution is 0.213. The van der Waals surface area contributed by atoms with Gasteiger partial charge in [-0.25, -0.2) is 9.37 Å². The number of nitrogens with one attached hydrogen (secondary N) is 1. The van der Waals surface area contributed by atoms with Gasteiger partial charge in [0.1, 0.15) is 11.6 Å². The van der Waals surface area contributed by atoms with Gasteiger partial charge < -0.3 is 15.2 Å². The Morgan fingerprint density at radius 2 is 2.00 bits per heavy atom. The Morgan fingerprint density at radius 3 is 2.75 bits per heavy atom. The van der Waals surface area contributed by atoms with Gasteiger partial charge in [-0.3, -0.25) is 0 Å². The topological polar surface area (TPSA) is 94.9 Å². The van der Waals surface area contributed by atoms with Crippen molar-refractivity contribution in [2.24, 2.45) is 0 Å². The Morgan fingerprint density at radius 1 is 1.21 bits per heavy atom. The van der Waals surface area contributed by atoms with Crippen molar-refractivity contribution < 1.29 is 14.6 Å². The summed E-state index contributed by atoms with van der Waals surface area (Å²) >= 11 is 0. The zero-order chi connectivity index (χ0) is 17.1. The van der Waals surface area contributed by atoms with Crippen LogP contribution < -0.4 is 0 Å². The molecule has 0 aliphatic heterocycles. The van der Waals surface area contributed by atoms with Crippen LogP contribution in [0.1, 0.15) is 19.7 Å². The number of aliphatic hydroxyl groups excluding tert-OH is 1. The van der Waals surface area contributed by atoms with Crippen LogP contribution >= 0.6 is 0 Å². The fraction of sp³-hybridized carbons (Fsp3) is 0.235. The van der Waals surface area contributed by atoms with Crippen LogP contribution in [-0.4, -0.2) is 37.0 Å². The molecule has 0 radical (unpaired) electrons. The van der Waals surface area contributed by atoms with Crippen molar-refractivity contribution in [2.75, 3.05) is 6.61 Å². The van der Waals surface area contributed by atoms with Crippen molar-refractivity contribution in [3.05, 3.63) is 36.0 Å².